The molecule has 3 heterocycles. The molecule has 0 aromatic heterocycles. The lowest BCUT2D eigenvalue weighted by atomic mass is 10.1. The Hall–Kier alpha value is -6.24. The molecule has 3 aliphatic heterocycles. The number of esters is 2. The van der Waals surface area contributed by atoms with Crippen molar-refractivity contribution in [2.24, 2.45) is 0 Å². The number of carboxylic acids is 2. The van der Waals surface area contributed by atoms with Gasteiger partial charge in [0, 0.05) is 124 Å². The van der Waals surface area contributed by atoms with E-state index in [-0.39, 0.29) is 28.2 Å². The van der Waals surface area contributed by atoms with Gasteiger partial charge in [-0.3, -0.25) is 20.2 Å². The molecule has 3 saturated heterocycles. The Morgan fingerprint density at radius 2 is 0.947 bits per heavy atom. The van der Waals surface area contributed by atoms with Crippen LogP contribution < -0.4 is 20.0 Å². The average molecular weight is 1160 g/mol. The van der Waals surface area contributed by atoms with Crippen LogP contribution in [-0.2, 0) is 14.2 Å². The predicted molar refractivity (Wildman–Crippen MR) is 292 cm³/mol. The fourth-order valence-electron chi connectivity index (χ4n) is 7.22. The van der Waals surface area contributed by atoms with Gasteiger partial charge in [-0.25, -0.2) is 24.0 Å². The fourth-order valence-corrected chi connectivity index (χ4v) is 8.04. The Balaban J connectivity index is 0.000000258. The van der Waals surface area contributed by atoms with Crippen LogP contribution in [-0.4, -0.2) is 171 Å². The topological polar surface area (TPSA) is 268 Å². The van der Waals surface area contributed by atoms with Gasteiger partial charge in [0.05, 0.1) is 44.2 Å². The summed E-state index contributed by atoms with van der Waals surface area (Å²) in [6.45, 7) is 16.9. The number of nitro benzene ring substituents is 2. The number of ether oxygens (including phenoxy) is 3. The van der Waals surface area contributed by atoms with Gasteiger partial charge in [0.2, 0.25) is 0 Å². The maximum atomic E-state index is 11.8. The number of hydrogen-bond donors (Lipinski definition) is 3. The van der Waals surface area contributed by atoms with E-state index >= 15 is 0 Å². The van der Waals surface area contributed by atoms with Crippen molar-refractivity contribution in [2.45, 2.75) is 26.3 Å². The number of anilines is 3. The number of nitro groups is 2. The van der Waals surface area contributed by atoms with E-state index in [4.69, 9.17) is 77.7 Å². The summed E-state index contributed by atoms with van der Waals surface area (Å²) in [6, 6.07) is 18.7. The lowest BCUT2D eigenvalue weighted by molar-refractivity contribution is -0.385. The first-order chi connectivity index (χ1) is 36.0. The summed E-state index contributed by atoms with van der Waals surface area (Å²) in [5.74, 6) is -3.36. The normalized spacial score (nSPS) is 14.7. The van der Waals surface area contributed by atoms with E-state index in [1.807, 2.05) is 36.2 Å². The molecule has 27 heteroatoms. The highest BCUT2D eigenvalue weighted by molar-refractivity contribution is 6.61. The van der Waals surface area contributed by atoms with Gasteiger partial charge in [-0.05, 0) is 95.5 Å². The molecule has 1 unspecified atom stereocenters. The number of nitrogens with zero attached hydrogens (tertiary/aromatic N) is 7. The van der Waals surface area contributed by atoms with Crippen LogP contribution >= 0.6 is 58.0 Å². The van der Waals surface area contributed by atoms with E-state index < -0.39 is 44.0 Å². The number of carbonyl (C=O) groups excluding carboxylic acids is 3. The summed E-state index contributed by atoms with van der Waals surface area (Å²) >= 11 is 27.4. The number of likely N-dealkylation sites (N-methyl/N-ethyl adjacent to an activating group) is 2. The molecule has 1 atom stereocenters. The number of hydrogen-bond acceptors (Lipinski definition) is 18. The molecule has 3 fully saturated rings. The lowest BCUT2D eigenvalue weighted by Gasteiger charge is -2.34. The molecule has 3 aliphatic rings. The zero-order chi connectivity index (χ0) is 56.6. The van der Waals surface area contributed by atoms with Crippen LogP contribution in [0.25, 0.3) is 0 Å². The number of alkyl halides is 1. The van der Waals surface area contributed by atoms with Gasteiger partial charge in [0.25, 0.3) is 11.4 Å². The zero-order valence-corrected chi connectivity index (χ0v) is 46.0. The Kier molecular flexibility index (Phi) is 27.3. The highest BCUT2D eigenvalue weighted by Gasteiger charge is 2.24. The smallest absolute Gasteiger partial charge is 0.405 e. The summed E-state index contributed by atoms with van der Waals surface area (Å²) in [7, 11) is 4.14. The number of carboxylic acid groups (broad SMARTS) is 2. The van der Waals surface area contributed by atoms with Crippen LogP contribution in [0.5, 0.6) is 0 Å². The molecule has 0 amide bonds. The van der Waals surface area contributed by atoms with Gasteiger partial charge < -0.3 is 54.2 Å². The second-order valence-electron chi connectivity index (χ2n) is 16.5. The lowest BCUT2D eigenvalue weighted by Crippen LogP contribution is -2.44. The van der Waals surface area contributed by atoms with E-state index in [0.717, 1.165) is 108 Å². The SMILES string of the molecule is CC(Cl)OC(=O)Cl.CCOC(=O)c1cc(N2CCN(C)CC2)ccc1Cl.CCOC(=O)c1cc(N2CCNCC2)ccc1Cl.CN1CCN(c2ccc([N+](=O)[O-])c(C(=O)O)c2)CC1.O=C(O)c1cc(Cl)ccc1[N+](=O)[O-]. The third-order valence-corrected chi connectivity index (χ3v) is 12.2. The van der Waals surface area contributed by atoms with Crippen molar-refractivity contribution < 1.29 is 58.2 Å². The number of rotatable bonds is 12. The van der Waals surface area contributed by atoms with Crippen molar-refractivity contribution in [3.63, 3.8) is 0 Å². The second-order valence-corrected chi connectivity index (χ2v) is 18.6. The van der Waals surface area contributed by atoms with Crippen molar-refractivity contribution in [1.29, 1.82) is 0 Å². The van der Waals surface area contributed by atoms with Crippen LogP contribution in [0.1, 0.15) is 62.2 Å². The Bertz CT molecular complexity index is 2630. The molecule has 0 bridgehead atoms. The zero-order valence-electron chi connectivity index (χ0n) is 42.2. The highest BCUT2D eigenvalue weighted by Crippen LogP contribution is 2.28. The standard InChI is InChI=1S/C14H19ClN2O2.C13H17ClN2O2.C12H15N3O4.C7H4ClNO4.C3H4Cl2O2/c1-3-19-14(18)12-10-11(4-5-13(12)15)17-8-6-16(2)7-9-17;1-2-18-13(17)11-9-10(3-4-12(11)14)16-7-5-15-6-8-16;1-13-4-6-14(7-5-13)9-2-3-11(15(18)19)10(8-9)12(16)17;8-4-1-2-6(9(12)13)5(3-4)7(10)11;1-2(4)7-3(5)6/h4-5,10H,3,6-9H2,1-2H3;3-4,9,15H,2,5-8H2,1H3;2-3,8H,4-7H2,1H3,(H,16,17);1-3H,(H,10,11);2H,1H3. The summed E-state index contributed by atoms with van der Waals surface area (Å²) < 4.78 is 14.2. The first-order valence-electron chi connectivity index (χ1n) is 23.4. The van der Waals surface area contributed by atoms with Gasteiger partial charge in [-0.15, -0.1) is 0 Å². The Morgan fingerprint density at radius 3 is 1.29 bits per heavy atom. The van der Waals surface area contributed by atoms with Crippen LogP contribution in [0, 0.1) is 20.2 Å². The van der Waals surface area contributed by atoms with Gasteiger partial charge in [0.1, 0.15) is 11.1 Å². The maximum absolute atomic E-state index is 11.8. The maximum Gasteiger partial charge on any atom is 0.405 e. The molecule has 22 nitrogen and oxygen atoms in total. The minimum Gasteiger partial charge on any atom is -0.477 e. The van der Waals surface area contributed by atoms with E-state index in [1.165, 1.54) is 25.1 Å². The number of carbonyl (C=O) groups is 5. The molecular weight excluding hydrogens is 1100 g/mol. The number of aromatic carboxylic acids is 2. The van der Waals surface area contributed by atoms with Gasteiger partial charge in [-0.1, -0.05) is 46.4 Å². The molecule has 0 spiro atoms. The molecule has 0 aliphatic carbocycles. The third kappa shape index (κ3) is 21.1. The van der Waals surface area contributed by atoms with E-state index in [2.05, 4.69) is 36.7 Å². The minimum absolute atomic E-state index is 0.156. The molecule has 414 valence electrons. The largest absolute Gasteiger partial charge is 0.477 e. The Labute approximate surface area is 464 Å². The van der Waals surface area contributed by atoms with Crippen LogP contribution in [0.3, 0.4) is 0 Å². The third-order valence-electron chi connectivity index (χ3n) is 11.2. The van der Waals surface area contributed by atoms with Gasteiger partial charge >= 0.3 is 29.3 Å². The van der Waals surface area contributed by atoms with E-state index in [9.17, 15) is 44.2 Å². The van der Waals surface area contributed by atoms with Crippen molar-refractivity contribution in [3.8, 4) is 0 Å². The summed E-state index contributed by atoms with van der Waals surface area (Å²) in [4.78, 5) is 85.6. The predicted octanol–water partition coefficient (Wildman–Crippen LogP) is 9.13. The van der Waals surface area contributed by atoms with E-state index in [0.29, 0.717) is 34.4 Å². The number of nitrogens with one attached hydrogen (secondary N) is 1. The van der Waals surface area contributed by atoms with E-state index in [1.54, 1.807) is 32.0 Å². The van der Waals surface area contributed by atoms with Crippen molar-refractivity contribution in [2.75, 3.05) is 121 Å². The Morgan fingerprint density at radius 1 is 0.592 bits per heavy atom. The van der Waals surface area contributed by atoms with Crippen LogP contribution in [0.4, 0.5) is 33.2 Å². The number of benzene rings is 4. The molecule has 76 heavy (non-hydrogen) atoms. The second kappa shape index (κ2) is 32.4. The van der Waals surface area contributed by atoms with Crippen LogP contribution in [0.15, 0.2) is 72.8 Å². The van der Waals surface area contributed by atoms with Crippen LogP contribution in [0.2, 0.25) is 15.1 Å². The highest BCUT2D eigenvalue weighted by atomic mass is 35.5. The number of piperazine rings is 3. The molecule has 7 rings (SSSR count). The first kappa shape index (κ1) is 64.0. The molecule has 0 radical (unpaired) electrons. The monoisotopic (exact) mass is 1160 g/mol. The molecular formula is C49H59Cl5N8O14. The summed E-state index contributed by atoms with van der Waals surface area (Å²) in [5, 5.41) is 43.1. The minimum atomic E-state index is -1.37. The van der Waals surface area contributed by atoms with Gasteiger partial charge in [0.15, 0.2) is 5.56 Å². The first-order valence-corrected chi connectivity index (χ1v) is 25.4. The fraction of sp³-hybridized carbons (Fsp3) is 0.408. The number of halogens is 5. The van der Waals surface area contributed by atoms with Crippen molar-refractivity contribution >= 4 is 116 Å². The molecule has 0 saturated carbocycles. The quantitative estimate of drug-likeness (QED) is 0.0298. The summed E-state index contributed by atoms with van der Waals surface area (Å²) in [6.07, 6.45) is 0. The average Bonchev–Trinajstić information content (AvgIpc) is 3.37. The van der Waals surface area contributed by atoms with Crippen molar-refractivity contribution in [1.82, 2.24) is 15.1 Å². The molecule has 4 aromatic rings. The van der Waals surface area contributed by atoms with Crippen molar-refractivity contribution in [3.05, 3.63) is 130 Å². The van der Waals surface area contributed by atoms with Gasteiger partial charge in [-0.2, -0.15) is 0 Å². The molecule has 4 aromatic carbocycles. The summed E-state index contributed by atoms with van der Waals surface area (Å²) in [5.41, 5.74) is 0.642. The molecule has 3 N–H and O–H groups in total.